The summed E-state index contributed by atoms with van der Waals surface area (Å²) in [6.07, 6.45) is 3.47. The van der Waals surface area contributed by atoms with Crippen molar-refractivity contribution in [2.45, 2.75) is 0 Å². The van der Waals surface area contributed by atoms with E-state index in [0.717, 1.165) is 21.8 Å². The molecule has 3 aromatic rings. The predicted molar refractivity (Wildman–Crippen MR) is 64.0 cm³/mol. The molecule has 2 heterocycles. The van der Waals surface area contributed by atoms with Crippen LogP contribution in [0.1, 0.15) is 0 Å². The first-order valence-corrected chi connectivity index (χ1v) is 5.12. The van der Waals surface area contributed by atoms with E-state index >= 15 is 0 Å². The fraction of sp³-hybridized carbons (Fsp3) is 0. The normalized spacial score (nSPS) is 11.1. The van der Waals surface area contributed by atoms with Gasteiger partial charge in [0.05, 0.1) is 22.9 Å². The number of aromatic amines is 1. The van der Waals surface area contributed by atoms with Crippen LogP contribution in [0.5, 0.6) is 0 Å². The van der Waals surface area contributed by atoms with Gasteiger partial charge in [-0.2, -0.15) is 0 Å². The maximum absolute atomic E-state index is 9.04. The second kappa shape index (κ2) is 3.37. The van der Waals surface area contributed by atoms with E-state index in [1.165, 1.54) is 0 Å². The van der Waals surface area contributed by atoms with Gasteiger partial charge in [0.15, 0.2) is 0 Å². The smallest absolute Gasteiger partial charge is 0.0858 e. The summed E-state index contributed by atoms with van der Waals surface area (Å²) in [4.78, 5) is 7.22. The first-order chi connectivity index (χ1) is 7.79. The molecule has 5 heteroatoms. The molecule has 2 aromatic heterocycles. The highest BCUT2D eigenvalue weighted by Gasteiger charge is 2.09. The summed E-state index contributed by atoms with van der Waals surface area (Å²) in [6, 6.07) is 5.43. The van der Waals surface area contributed by atoms with Crippen molar-refractivity contribution >= 4 is 39.1 Å². The summed E-state index contributed by atoms with van der Waals surface area (Å²) >= 11 is 5.98. The van der Waals surface area contributed by atoms with E-state index in [0.29, 0.717) is 10.7 Å². The zero-order valence-electron chi connectivity index (χ0n) is 8.16. The number of halogens is 1. The van der Waals surface area contributed by atoms with Gasteiger partial charge in [0.25, 0.3) is 0 Å². The highest BCUT2D eigenvalue weighted by atomic mass is 35.5. The minimum Gasteiger partial charge on any atom is -0.351 e. The molecule has 1 aromatic carbocycles. The molecule has 0 aliphatic heterocycles. The first kappa shape index (κ1) is 9.45. The fourth-order valence-corrected chi connectivity index (χ4v) is 2.12. The van der Waals surface area contributed by atoms with Gasteiger partial charge in [-0.3, -0.25) is 15.7 Å². The minimum absolute atomic E-state index is 0.554. The van der Waals surface area contributed by atoms with Crippen molar-refractivity contribution in [2.24, 2.45) is 0 Å². The van der Waals surface area contributed by atoms with E-state index in [1.807, 2.05) is 12.1 Å². The number of hydrogen-bond donors (Lipinski definition) is 3. The van der Waals surface area contributed by atoms with Gasteiger partial charge in [-0.1, -0.05) is 11.6 Å². The van der Waals surface area contributed by atoms with Crippen molar-refractivity contribution in [1.82, 2.24) is 9.97 Å². The molecule has 16 heavy (non-hydrogen) atoms. The number of aromatic nitrogens is 2. The topological polar surface area (TPSA) is 60.9 Å². The number of hydrogen-bond acceptors (Lipinski definition) is 3. The van der Waals surface area contributed by atoms with Crippen molar-refractivity contribution in [3.8, 4) is 0 Å². The lowest BCUT2D eigenvalue weighted by Gasteiger charge is -2.01. The quantitative estimate of drug-likeness (QED) is 0.566. The van der Waals surface area contributed by atoms with Crippen molar-refractivity contribution in [3.63, 3.8) is 0 Å². The number of rotatable bonds is 1. The lowest BCUT2D eigenvalue weighted by Crippen LogP contribution is -1.89. The van der Waals surface area contributed by atoms with Gasteiger partial charge in [-0.05, 0) is 18.2 Å². The Balaban J connectivity index is 2.54. The maximum Gasteiger partial charge on any atom is 0.0858 e. The van der Waals surface area contributed by atoms with Crippen LogP contribution in [0.15, 0.2) is 30.6 Å². The molecule has 0 aliphatic rings. The Bertz CT molecular complexity index is 677. The van der Waals surface area contributed by atoms with Crippen LogP contribution in [0.3, 0.4) is 0 Å². The number of nitrogens with zero attached hydrogens (tertiary/aromatic N) is 1. The van der Waals surface area contributed by atoms with Crippen molar-refractivity contribution in [1.29, 1.82) is 0 Å². The maximum atomic E-state index is 9.04. The molecule has 3 N–H and O–H groups in total. The number of benzene rings is 1. The van der Waals surface area contributed by atoms with Gasteiger partial charge in [0.2, 0.25) is 0 Å². The van der Waals surface area contributed by atoms with E-state index in [4.69, 9.17) is 16.8 Å². The summed E-state index contributed by atoms with van der Waals surface area (Å²) in [5, 5.41) is 11.6. The second-order valence-corrected chi connectivity index (χ2v) is 3.97. The number of anilines is 1. The van der Waals surface area contributed by atoms with Gasteiger partial charge < -0.3 is 4.98 Å². The molecule has 3 rings (SSSR count). The average molecular weight is 234 g/mol. The number of pyridine rings is 1. The molecule has 0 spiro atoms. The molecule has 0 saturated heterocycles. The van der Waals surface area contributed by atoms with Crippen molar-refractivity contribution < 1.29 is 5.21 Å². The highest BCUT2D eigenvalue weighted by Crippen LogP contribution is 2.32. The molecule has 80 valence electrons. The molecule has 0 saturated carbocycles. The zero-order chi connectivity index (χ0) is 11.1. The molecule has 0 amide bonds. The van der Waals surface area contributed by atoms with Crippen LogP contribution < -0.4 is 5.48 Å². The van der Waals surface area contributed by atoms with Crippen LogP contribution in [0.2, 0.25) is 5.02 Å². The van der Waals surface area contributed by atoms with E-state index in [9.17, 15) is 0 Å². The Morgan fingerprint density at radius 3 is 3.00 bits per heavy atom. The number of nitrogens with one attached hydrogen (secondary N) is 2. The van der Waals surface area contributed by atoms with E-state index in [1.54, 1.807) is 18.5 Å². The zero-order valence-corrected chi connectivity index (χ0v) is 8.92. The summed E-state index contributed by atoms with van der Waals surface area (Å²) in [6.45, 7) is 0. The van der Waals surface area contributed by atoms with Crippen LogP contribution in [-0.2, 0) is 0 Å². The molecular formula is C11H8ClN3O. The van der Waals surface area contributed by atoms with Crippen LogP contribution >= 0.6 is 11.6 Å². The third kappa shape index (κ3) is 1.24. The third-order valence-electron chi connectivity index (χ3n) is 2.59. The lowest BCUT2D eigenvalue weighted by atomic mass is 10.2. The second-order valence-electron chi connectivity index (χ2n) is 3.53. The van der Waals surface area contributed by atoms with E-state index < -0.39 is 0 Å². The largest absolute Gasteiger partial charge is 0.351 e. The number of fused-ring (bicyclic) bond motifs is 3. The Morgan fingerprint density at radius 1 is 1.31 bits per heavy atom. The summed E-state index contributed by atoms with van der Waals surface area (Å²) < 4.78 is 0. The fourth-order valence-electron chi connectivity index (χ4n) is 1.91. The monoisotopic (exact) mass is 233 g/mol. The average Bonchev–Trinajstić information content (AvgIpc) is 2.67. The van der Waals surface area contributed by atoms with Gasteiger partial charge in [0.1, 0.15) is 0 Å². The van der Waals surface area contributed by atoms with Gasteiger partial charge >= 0.3 is 0 Å². The Labute approximate surface area is 95.8 Å². The molecular weight excluding hydrogens is 226 g/mol. The predicted octanol–water partition coefficient (Wildman–Crippen LogP) is 3.17. The minimum atomic E-state index is 0.554. The molecule has 0 unspecified atom stereocenters. The molecule has 0 bridgehead atoms. The van der Waals surface area contributed by atoms with Gasteiger partial charge in [-0.25, -0.2) is 0 Å². The molecule has 0 aliphatic carbocycles. The molecule has 4 nitrogen and oxygen atoms in total. The number of H-pyrrole nitrogens is 1. The van der Waals surface area contributed by atoms with Crippen molar-refractivity contribution in [2.75, 3.05) is 5.48 Å². The molecule has 0 fully saturated rings. The Hall–Kier alpha value is -1.78. The lowest BCUT2D eigenvalue weighted by molar-refractivity contribution is 0.389. The summed E-state index contributed by atoms with van der Waals surface area (Å²) in [5.41, 5.74) is 4.42. The van der Waals surface area contributed by atoms with Gasteiger partial charge in [-0.15, -0.1) is 0 Å². The van der Waals surface area contributed by atoms with Crippen LogP contribution in [0.4, 0.5) is 5.69 Å². The van der Waals surface area contributed by atoms with Crippen LogP contribution in [0.25, 0.3) is 21.8 Å². The first-order valence-electron chi connectivity index (χ1n) is 4.74. The summed E-state index contributed by atoms with van der Waals surface area (Å²) in [5.74, 6) is 0. The highest BCUT2D eigenvalue weighted by molar-refractivity contribution is 6.32. The molecule has 0 atom stereocenters. The standard InChI is InChI=1S/C11H8ClN3O/c12-6-3-8-7-1-2-13-5-10(7)14-11(8)9(4-6)15-16/h1-5,14-16H. The van der Waals surface area contributed by atoms with Crippen LogP contribution in [-0.4, -0.2) is 15.2 Å². The van der Waals surface area contributed by atoms with Gasteiger partial charge in [0, 0.05) is 22.0 Å². The third-order valence-corrected chi connectivity index (χ3v) is 2.81. The Morgan fingerprint density at radius 2 is 2.19 bits per heavy atom. The Kier molecular flexibility index (Phi) is 1.99. The van der Waals surface area contributed by atoms with E-state index in [2.05, 4.69) is 15.4 Å². The SMILES string of the molecule is ONc1cc(Cl)cc2c1[nH]c1cnccc12. The molecule has 0 radical (unpaired) electrons. The van der Waals surface area contributed by atoms with Crippen LogP contribution in [0, 0.1) is 0 Å². The van der Waals surface area contributed by atoms with Crippen molar-refractivity contribution in [3.05, 3.63) is 35.6 Å². The summed E-state index contributed by atoms with van der Waals surface area (Å²) in [7, 11) is 0. The van der Waals surface area contributed by atoms with E-state index in [-0.39, 0.29) is 0 Å².